The van der Waals surface area contributed by atoms with Gasteiger partial charge in [0.05, 0.1) is 23.7 Å². The molecule has 0 aliphatic rings. The van der Waals surface area contributed by atoms with Gasteiger partial charge in [0.15, 0.2) is 5.69 Å². The first-order valence-electron chi connectivity index (χ1n) is 13.5. The average Bonchev–Trinajstić information content (AvgIpc) is 3.38. The van der Waals surface area contributed by atoms with Crippen molar-refractivity contribution in [3.05, 3.63) is 157 Å². The molecule has 6 aromatic carbocycles. The number of hydrogen-bond acceptors (Lipinski definition) is 1. The van der Waals surface area contributed by atoms with E-state index in [0.29, 0.717) is 16.8 Å². The number of para-hydroxylation sites is 1. The summed E-state index contributed by atoms with van der Waals surface area (Å²) in [6.45, 7) is 7.87. The van der Waals surface area contributed by atoms with Crippen molar-refractivity contribution in [1.82, 2.24) is 4.57 Å². The lowest BCUT2D eigenvalue weighted by Crippen LogP contribution is -1.96. The van der Waals surface area contributed by atoms with Crippen LogP contribution in [-0.4, -0.2) is 4.57 Å². The van der Waals surface area contributed by atoms with Gasteiger partial charge in [-0.2, -0.15) is 5.26 Å². The summed E-state index contributed by atoms with van der Waals surface area (Å²) < 4.78 is 2.33. The second kappa shape index (κ2) is 10.0. The molecule has 1 aromatic heterocycles. The number of aromatic nitrogens is 1. The predicted octanol–water partition coefficient (Wildman–Crippen LogP) is 10.2. The zero-order valence-corrected chi connectivity index (χ0v) is 22.1. The van der Waals surface area contributed by atoms with Gasteiger partial charge in [0.1, 0.15) is 0 Å². The summed E-state index contributed by atoms with van der Waals surface area (Å²) in [6, 6.07) is 49.8. The highest BCUT2D eigenvalue weighted by Crippen LogP contribution is 2.44. The summed E-state index contributed by atoms with van der Waals surface area (Å²) in [7, 11) is 0. The van der Waals surface area contributed by atoms with Gasteiger partial charge in [-0.25, -0.2) is 4.85 Å². The van der Waals surface area contributed by atoms with Crippen LogP contribution in [0.15, 0.2) is 140 Å². The molecule has 0 radical (unpaired) electrons. The summed E-state index contributed by atoms with van der Waals surface area (Å²) in [5.74, 6) is 0. The predicted molar refractivity (Wildman–Crippen MR) is 168 cm³/mol. The summed E-state index contributed by atoms with van der Waals surface area (Å²) in [5, 5.41) is 12.2. The highest BCUT2D eigenvalue weighted by molar-refractivity contribution is 6.16. The Morgan fingerprint density at radius 1 is 0.585 bits per heavy atom. The van der Waals surface area contributed by atoms with Crippen LogP contribution in [0.1, 0.15) is 5.56 Å². The van der Waals surface area contributed by atoms with E-state index in [9.17, 15) is 5.26 Å². The van der Waals surface area contributed by atoms with Gasteiger partial charge in [0.25, 0.3) is 0 Å². The van der Waals surface area contributed by atoms with Gasteiger partial charge < -0.3 is 4.57 Å². The summed E-state index contributed by atoms with van der Waals surface area (Å²) in [5.41, 5.74) is 10.2. The normalized spacial score (nSPS) is 10.9. The van der Waals surface area contributed by atoms with Crippen LogP contribution in [0, 0.1) is 17.9 Å². The lowest BCUT2D eigenvalue weighted by Gasteiger charge is -2.15. The van der Waals surface area contributed by atoms with E-state index < -0.39 is 0 Å². The van der Waals surface area contributed by atoms with Gasteiger partial charge in [0, 0.05) is 33.2 Å². The van der Waals surface area contributed by atoms with Crippen LogP contribution >= 0.6 is 0 Å². The van der Waals surface area contributed by atoms with Gasteiger partial charge in [-0.15, -0.1) is 0 Å². The number of nitrogens with zero attached hydrogens (tertiary/aromatic N) is 3. The fourth-order valence-electron chi connectivity index (χ4n) is 5.82. The summed E-state index contributed by atoms with van der Waals surface area (Å²) >= 11 is 0. The lowest BCUT2D eigenvalue weighted by molar-refractivity contribution is 1.18. The summed E-state index contributed by atoms with van der Waals surface area (Å²) in [4.78, 5) is 3.80. The van der Waals surface area contributed by atoms with E-state index >= 15 is 0 Å². The van der Waals surface area contributed by atoms with Crippen molar-refractivity contribution in [1.29, 1.82) is 5.26 Å². The van der Waals surface area contributed by atoms with Crippen LogP contribution in [-0.2, 0) is 0 Å². The van der Waals surface area contributed by atoms with E-state index in [2.05, 4.69) is 106 Å². The molecule has 0 aliphatic carbocycles. The molecule has 0 atom stereocenters. The standard InChI is InChI=1S/C38H23N3/c1-40-35-19-11-16-29(25-39)37(35)30-23-32(27-14-7-3-8-15-27)38-34(24-30)33-22-28(26-12-5-2-6-13-26)20-21-36(33)41(38)31-17-9-4-10-18-31/h2-24H. The largest absolute Gasteiger partial charge is 0.309 e. The van der Waals surface area contributed by atoms with Gasteiger partial charge >= 0.3 is 0 Å². The van der Waals surface area contributed by atoms with Crippen molar-refractivity contribution in [2.75, 3.05) is 0 Å². The third-order valence-electron chi connectivity index (χ3n) is 7.64. The first-order valence-corrected chi connectivity index (χ1v) is 13.5. The minimum absolute atomic E-state index is 0.471. The molecule has 0 amide bonds. The van der Waals surface area contributed by atoms with Gasteiger partial charge in [-0.3, -0.25) is 0 Å². The van der Waals surface area contributed by atoms with E-state index in [1.165, 1.54) is 0 Å². The maximum atomic E-state index is 10.0. The molecule has 3 heteroatoms. The second-order valence-electron chi connectivity index (χ2n) is 9.98. The van der Waals surface area contributed by atoms with Crippen LogP contribution in [0.4, 0.5) is 5.69 Å². The second-order valence-corrected chi connectivity index (χ2v) is 9.98. The molecule has 0 spiro atoms. The van der Waals surface area contributed by atoms with E-state index in [0.717, 1.165) is 55.3 Å². The molecule has 7 rings (SSSR count). The molecule has 0 saturated heterocycles. The van der Waals surface area contributed by atoms with Crippen molar-refractivity contribution in [3.63, 3.8) is 0 Å². The molecule has 1 heterocycles. The molecule has 190 valence electrons. The summed E-state index contributed by atoms with van der Waals surface area (Å²) in [6.07, 6.45) is 0. The number of rotatable bonds is 4. The highest BCUT2D eigenvalue weighted by atomic mass is 15.0. The smallest absolute Gasteiger partial charge is 0.196 e. The fraction of sp³-hybridized carbons (Fsp3) is 0. The Bertz CT molecular complexity index is 2110. The average molecular weight is 522 g/mol. The van der Waals surface area contributed by atoms with Gasteiger partial charge in [0.2, 0.25) is 0 Å². The van der Waals surface area contributed by atoms with Gasteiger partial charge in [-0.1, -0.05) is 97.1 Å². The monoisotopic (exact) mass is 521 g/mol. The zero-order chi connectivity index (χ0) is 27.8. The number of nitriles is 1. The van der Waals surface area contributed by atoms with Crippen LogP contribution in [0.2, 0.25) is 0 Å². The molecular weight excluding hydrogens is 498 g/mol. The fourth-order valence-corrected chi connectivity index (χ4v) is 5.82. The maximum absolute atomic E-state index is 10.0. The van der Waals surface area contributed by atoms with Crippen molar-refractivity contribution < 1.29 is 0 Å². The van der Waals surface area contributed by atoms with E-state index in [1.54, 1.807) is 18.2 Å². The van der Waals surface area contributed by atoms with Crippen LogP contribution in [0.25, 0.3) is 65.7 Å². The quantitative estimate of drug-likeness (QED) is 0.212. The van der Waals surface area contributed by atoms with Crippen molar-refractivity contribution >= 4 is 27.5 Å². The minimum Gasteiger partial charge on any atom is -0.309 e. The van der Waals surface area contributed by atoms with E-state index in [-0.39, 0.29) is 0 Å². The zero-order valence-electron chi connectivity index (χ0n) is 22.1. The Hall–Kier alpha value is -5.90. The minimum atomic E-state index is 0.471. The molecule has 0 aliphatic heterocycles. The Morgan fingerprint density at radius 2 is 1.24 bits per heavy atom. The maximum Gasteiger partial charge on any atom is 0.196 e. The van der Waals surface area contributed by atoms with Crippen molar-refractivity contribution in [2.45, 2.75) is 0 Å². The van der Waals surface area contributed by atoms with Crippen molar-refractivity contribution in [2.24, 2.45) is 0 Å². The van der Waals surface area contributed by atoms with E-state index in [1.807, 2.05) is 30.3 Å². The van der Waals surface area contributed by atoms with Crippen LogP contribution in [0.3, 0.4) is 0 Å². The Balaban J connectivity index is 1.67. The third kappa shape index (κ3) is 4.05. The van der Waals surface area contributed by atoms with E-state index in [4.69, 9.17) is 6.57 Å². The Morgan fingerprint density at radius 3 is 1.93 bits per heavy atom. The van der Waals surface area contributed by atoms with Gasteiger partial charge in [-0.05, 0) is 64.7 Å². The molecule has 0 saturated carbocycles. The Kier molecular flexibility index (Phi) is 5.90. The Labute approximate surface area is 238 Å². The number of benzene rings is 6. The molecule has 0 N–H and O–H groups in total. The van der Waals surface area contributed by atoms with Crippen molar-refractivity contribution in [3.8, 4) is 45.1 Å². The van der Waals surface area contributed by atoms with Crippen LogP contribution < -0.4 is 0 Å². The molecule has 3 nitrogen and oxygen atoms in total. The SMILES string of the molecule is [C-]#[N+]c1cccc(C#N)c1-c1cc(-c2ccccc2)c2c(c1)c1cc(-c3ccccc3)ccc1n2-c1ccccc1. The highest BCUT2D eigenvalue weighted by Gasteiger charge is 2.21. The molecule has 41 heavy (non-hydrogen) atoms. The first kappa shape index (κ1) is 24.2. The molecule has 0 fully saturated rings. The molecule has 7 aromatic rings. The number of fused-ring (bicyclic) bond motifs is 3. The molecule has 0 unspecified atom stereocenters. The topological polar surface area (TPSA) is 33.1 Å². The first-order chi connectivity index (χ1) is 20.3. The third-order valence-corrected chi connectivity index (χ3v) is 7.64. The lowest BCUT2D eigenvalue weighted by atomic mass is 9.92. The number of hydrogen-bond donors (Lipinski definition) is 0. The van der Waals surface area contributed by atoms with Crippen LogP contribution in [0.5, 0.6) is 0 Å². The molecular formula is C38H23N3. The molecule has 0 bridgehead atoms.